The molecule has 0 aliphatic heterocycles. The molecule has 0 aliphatic carbocycles. The number of benzene rings is 1. The van der Waals surface area contributed by atoms with Gasteiger partial charge in [0.25, 0.3) is 5.91 Å². The second kappa shape index (κ2) is 8.08. The van der Waals surface area contributed by atoms with Gasteiger partial charge >= 0.3 is 0 Å². The summed E-state index contributed by atoms with van der Waals surface area (Å²) in [5, 5.41) is 3.60. The van der Waals surface area contributed by atoms with Gasteiger partial charge in [-0.15, -0.1) is 0 Å². The predicted octanol–water partition coefficient (Wildman–Crippen LogP) is 4.16. The number of nitrogens with zero attached hydrogens (tertiary/aromatic N) is 3. The zero-order chi connectivity index (χ0) is 21.3. The molecular weight excluding hydrogens is 387 g/mol. The number of ether oxygens (including phenoxy) is 2. The second-order valence-electron chi connectivity index (χ2n) is 6.96. The molecule has 3 aromatic heterocycles. The molecule has 7 nitrogen and oxygen atoms in total. The summed E-state index contributed by atoms with van der Waals surface area (Å²) in [6.45, 7) is 4.51. The highest BCUT2D eigenvalue weighted by Gasteiger charge is 2.16. The molecular formula is C22H23FN4O3. The van der Waals surface area contributed by atoms with Gasteiger partial charge in [-0.1, -0.05) is 6.07 Å². The van der Waals surface area contributed by atoms with Crippen LogP contribution in [0.3, 0.4) is 0 Å². The molecule has 0 radical (unpaired) electrons. The zero-order valence-electron chi connectivity index (χ0n) is 16.9. The van der Waals surface area contributed by atoms with Crippen LogP contribution < -0.4 is 10.1 Å². The van der Waals surface area contributed by atoms with Crippen molar-refractivity contribution in [3.8, 4) is 5.88 Å². The third-order valence-electron chi connectivity index (χ3n) is 4.72. The Morgan fingerprint density at radius 3 is 2.80 bits per heavy atom. The Kier molecular flexibility index (Phi) is 5.33. The lowest BCUT2D eigenvalue weighted by molar-refractivity contribution is 0.102. The zero-order valence-corrected chi connectivity index (χ0v) is 16.9. The number of fused-ring (bicyclic) bond motifs is 2. The van der Waals surface area contributed by atoms with E-state index in [1.54, 1.807) is 43.0 Å². The minimum Gasteiger partial charge on any atom is -0.475 e. The van der Waals surface area contributed by atoms with Crippen LogP contribution in [0.15, 0.2) is 42.7 Å². The number of carbonyl (C=O) groups excluding carboxylic acids is 1. The summed E-state index contributed by atoms with van der Waals surface area (Å²) in [5.41, 5.74) is 3.10. The van der Waals surface area contributed by atoms with E-state index in [0.717, 1.165) is 10.9 Å². The standard InChI is InChI=1S/C22H21FN4O3.H2/c1-13-4-5-17(20-16(13)6-7-19(26-20)30-9-8-29-3)22(28)25-15-10-18(23)21-24-14(2)11-27(21)12-15;/h4-7,10-12H,8-9H2,1-3H3,(H,25,28);1H. The summed E-state index contributed by atoms with van der Waals surface area (Å²) in [7, 11) is 1.59. The van der Waals surface area contributed by atoms with Crippen molar-refractivity contribution < 1.29 is 20.1 Å². The fraction of sp³-hybridized carbons (Fsp3) is 0.227. The van der Waals surface area contributed by atoms with Crippen molar-refractivity contribution >= 4 is 28.1 Å². The first-order chi connectivity index (χ1) is 14.5. The number of aromatic nitrogens is 3. The lowest BCUT2D eigenvalue weighted by Gasteiger charge is -2.11. The van der Waals surface area contributed by atoms with Crippen molar-refractivity contribution in [2.45, 2.75) is 13.8 Å². The number of imidazole rings is 1. The van der Waals surface area contributed by atoms with E-state index < -0.39 is 11.7 Å². The molecule has 30 heavy (non-hydrogen) atoms. The maximum Gasteiger partial charge on any atom is 0.257 e. The van der Waals surface area contributed by atoms with E-state index >= 15 is 0 Å². The lowest BCUT2D eigenvalue weighted by Crippen LogP contribution is -2.14. The lowest BCUT2D eigenvalue weighted by atomic mass is 10.0. The predicted molar refractivity (Wildman–Crippen MR) is 114 cm³/mol. The first-order valence-corrected chi connectivity index (χ1v) is 9.44. The number of amides is 1. The Hall–Kier alpha value is -3.52. The van der Waals surface area contributed by atoms with Crippen LogP contribution in [-0.2, 0) is 4.74 Å². The van der Waals surface area contributed by atoms with Crippen LogP contribution in [0.2, 0.25) is 0 Å². The minimum atomic E-state index is -0.512. The van der Waals surface area contributed by atoms with Gasteiger partial charge in [-0.25, -0.2) is 14.4 Å². The summed E-state index contributed by atoms with van der Waals surface area (Å²) in [6.07, 6.45) is 3.32. The average molecular weight is 410 g/mol. The van der Waals surface area contributed by atoms with Gasteiger partial charge in [0.15, 0.2) is 11.5 Å². The van der Waals surface area contributed by atoms with Crippen molar-refractivity contribution in [2.75, 3.05) is 25.6 Å². The summed E-state index contributed by atoms with van der Waals surface area (Å²) in [6, 6.07) is 8.44. The monoisotopic (exact) mass is 410 g/mol. The largest absolute Gasteiger partial charge is 0.475 e. The van der Waals surface area contributed by atoms with Gasteiger partial charge in [0, 0.05) is 38.4 Å². The van der Waals surface area contributed by atoms with Crippen molar-refractivity contribution in [2.24, 2.45) is 0 Å². The Labute approximate surface area is 174 Å². The number of nitrogens with one attached hydrogen (secondary N) is 1. The molecule has 1 aromatic carbocycles. The molecule has 4 rings (SSSR count). The molecule has 0 fully saturated rings. The second-order valence-corrected chi connectivity index (χ2v) is 6.96. The number of rotatable bonds is 6. The molecule has 0 spiro atoms. The maximum atomic E-state index is 14.3. The molecule has 0 bridgehead atoms. The average Bonchev–Trinajstić information content (AvgIpc) is 3.09. The molecule has 156 valence electrons. The van der Waals surface area contributed by atoms with Crippen molar-refractivity contribution in [1.82, 2.24) is 14.4 Å². The number of aryl methyl sites for hydroxylation is 2. The highest BCUT2D eigenvalue weighted by atomic mass is 19.1. The van der Waals surface area contributed by atoms with E-state index in [1.165, 1.54) is 6.07 Å². The Morgan fingerprint density at radius 2 is 2.00 bits per heavy atom. The fourth-order valence-electron chi connectivity index (χ4n) is 3.28. The summed E-state index contributed by atoms with van der Waals surface area (Å²) in [5.74, 6) is -0.501. The van der Waals surface area contributed by atoms with E-state index in [1.807, 2.05) is 19.1 Å². The third kappa shape index (κ3) is 3.81. The maximum absolute atomic E-state index is 14.3. The number of pyridine rings is 2. The van der Waals surface area contributed by atoms with Crippen LogP contribution in [0, 0.1) is 19.7 Å². The molecule has 3 heterocycles. The van der Waals surface area contributed by atoms with E-state index in [9.17, 15) is 9.18 Å². The van der Waals surface area contributed by atoms with Crippen LogP contribution in [0.1, 0.15) is 23.0 Å². The molecule has 0 unspecified atom stereocenters. The van der Waals surface area contributed by atoms with Gasteiger partial charge in [-0.05, 0) is 31.5 Å². The molecule has 0 saturated carbocycles. The van der Waals surface area contributed by atoms with E-state index in [4.69, 9.17) is 9.47 Å². The SMILES string of the molecule is COCCOc1ccc2c(C)ccc(C(=O)Nc3cc(F)c4nc(C)cn4c3)c2n1.[HH]. The third-order valence-corrected chi connectivity index (χ3v) is 4.72. The number of hydrogen-bond donors (Lipinski definition) is 1. The number of methoxy groups -OCH3 is 1. The van der Waals surface area contributed by atoms with E-state index in [2.05, 4.69) is 15.3 Å². The van der Waals surface area contributed by atoms with Crippen LogP contribution in [0.25, 0.3) is 16.6 Å². The molecule has 1 amide bonds. The van der Waals surface area contributed by atoms with Crippen molar-refractivity contribution in [3.05, 3.63) is 65.4 Å². The smallest absolute Gasteiger partial charge is 0.257 e. The van der Waals surface area contributed by atoms with Crippen LogP contribution >= 0.6 is 0 Å². The quantitative estimate of drug-likeness (QED) is 0.483. The van der Waals surface area contributed by atoms with Gasteiger partial charge in [-0.2, -0.15) is 0 Å². The van der Waals surface area contributed by atoms with Gasteiger partial charge < -0.3 is 19.2 Å². The molecule has 0 saturated heterocycles. The number of anilines is 1. The normalized spacial score (nSPS) is 11.2. The summed E-state index contributed by atoms with van der Waals surface area (Å²) in [4.78, 5) is 21.6. The van der Waals surface area contributed by atoms with Crippen LogP contribution in [-0.4, -0.2) is 40.6 Å². The van der Waals surface area contributed by atoms with Gasteiger partial charge in [-0.3, -0.25) is 4.79 Å². The molecule has 4 aromatic rings. The highest BCUT2D eigenvalue weighted by Crippen LogP contribution is 2.25. The number of carbonyl (C=O) groups is 1. The first-order valence-electron chi connectivity index (χ1n) is 9.44. The number of hydrogen-bond acceptors (Lipinski definition) is 5. The Morgan fingerprint density at radius 1 is 1.17 bits per heavy atom. The van der Waals surface area contributed by atoms with Crippen LogP contribution in [0.4, 0.5) is 10.1 Å². The Balaban J connectivity index is 0.00000272. The summed E-state index contributed by atoms with van der Waals surface area (Å²) >= 11 is 0. The van der Waals surface area contributed by atoms with E-state index in [0.29, 0.717) is 41.6 Å². The molecule has 1 N–H and O–H groups in total. The summed E-state index contributed by atoms with van der Waals surface area (Å²) < 4.78 is 26.5. The Bertz CT molecular complexity index is 1260. The molecule has 0 atom stereocenters. The topological polar surface area (TPSA) is 77.8 Å². The van der Waals surface area contributed by atoms with Gasteiger partial charge in [0.05, 0.1) is 29.1 Å². The molecule has 8 heteroatoms. The van der Waals surface area contributed by atoms with Crippen molar-refractivity contribution in [1.29, 1.82) is 0 Å². The van der Waals surface area contributed by atoms with Gasteiger partial charge in [0.1, 0.15) is 6.61 Å². The number of halogens is 1. The first kappa shape index (κ1) is 19.8. The minimum absolute atomic E-state index is 0. The highest BCUT2D eigenvalue weighted by molar-refractivity contribution is 6.12. The van der Waals surface area contributed by atoms with Crippen molar-refractivity contribution in [3.63, 3.8) is 0 Å². The molecule has 0 aliphatic rings. The van der Waals surface area contributed by atoms with E-state index in [-0.39, 0.29) is 7.07 Å². The van der Waals surface area contributed by atoms with Gasteiger partial charge in [0.2, 0.25) is 5.88 Å². The van der Waals surface area contributed by atoms with Crippen LogP contribution in [0.5, 0.6) is 5.88 Å². The fourth-order valence-corrected chi connectivity index (χ4v) is 3.28.